The third-order valence-corrected chi connectivity index (χ3v) is 3.68. The normalized spacial score (nSPS) is 23.4. The van der Waals surface area contributed by atoms with Crippen molar-refractivity contribution in [2.45, 2.75) is 44.8 Å². The van der Waals surface area contributed by atoms with E-state index in [0.29, 0.717) is 11.1 Å². The Kier molecular flexibility index (Phi) is 4.90. The number of halogens is 1. The molecule has 2 rings (SSSR count). The zero-order valence-corrected chi connectivity index (χ0v) is 11.6. The van der Waals surface area contributed by atoms with Crippen LogP contribution in [-0.2, 0) is 4.79 Å². The maximum absolute atomic E-state index is 13.1. The number of hydrogen-bond acceptors (Lipinski definition) is 2. The average Bonchev–Trinajstić information content (AvgIpc) is 2.41. The number of benzene rings is 1. The van der Waals surface area contributed by atoms with Crippen LogP contribution in [0.5, 0.6) is 0 Å². The quantitative estimate of drug-likeness (QED) is 0.834. The van der Waals surface area contributed by atoms with E-state index in [1.54, 1.807) is 19.1 Å². The van der Waals surface area contributed by atoms with Crippen LogP contribution >= 0.6 is 0 Å². The number of carbonyl (C=O) groups excluding carboxylic acids is 1. The van der Waals surface area contributed by atoms with Gasteiger partial charge in [0.15, 0.2) is 0 Å². The van der Waals surface area contributed by atoms with Gasteiger partial charge in [0.2, 0.25) is 5.91 Å². The lowest BCUT2D eigenvalue weighted by molar-refractivity contribution is -0.118. The predicted molar refractivity (Wildman–Crippen MR) is 76.5 cm³/mol. The van der Waals surface area contributed by atoms with Gasteiger partial charge in [0, 0.05) is 6.08 Å². The maximum atomic E-state index is 13.1. The highest BCUT2D eigenvalue weighted by atomic mass is 19.1. The third kappa shape index (κ3) is 3.90. The molecule has 4 heteroatoms. The summed E-state index contributed by atoms with van der Waals surface area (Å²) in [6, 6.07) is 5.97. The summed E-state index contributed by atoms with van der Waals surface area (Å²) in [6.45, 7) is 1.77. The van der Waals surface area contributed by atoms with E-state index in [0.717, 1.165) is 25.7 Å². The Hall–Kier alpha value is -1.68. The highest BCUT2D eigenvalue weighted by Crippen LogP contribution is 2.19. The Morgan fingerprint density at radius 3 is 2.85 bits per heavy atom. The molecular weight excluding hydrogens is 257 g/mol. The molecule has 2 unspecified atom stereocenters. The van der Waals surface area contributed by atoms with E-state index in [2.05, 4.69) is 5.32 Å². The number of nitrogens with one attached hydrogen (secondary N) is 1. The van der Waals surface area contributed by atoms with Crippen LogP contribution in [0.3, 0.4) is 0 Å². The topological polar surface area (TPSA) is 49.3 Å². The van der Waals surface area contributed by atoms with E-state index in [9.17, 15) is 14.3 Å². The number of hydrogen-bond donors (Lipinski definition) is 2. The Bertz CT molecular complexity index is 513. The standard InChI is InChI=1S/C16H20FNO2/c1-11(12-5-4-6-13(17)10-12)9-16(20)18-14-7-2-3-8-15(14)19/h4-6,9-10,14-15,19H,2-3,7-8H2,1H3,(H,18,20)/b11-9-. The first-order chi connectivity index (χ1) is 9.56. The molecule has 0 bridgehead atoms. The summed E-state index contributed by atoms with van der Waals surface area (Å²) in [5.41, 5.74) is 1.39. The van der Waals surface area contributed by atoms with E-state index in [4.69, 9.17) is 0 Å². The molecule has 0 saturated heterocycles. The van der Waals surface area contributed by atoms with Crippen LogP contribution in [0.2, 0.25) is 0 Å². The van der Waals surface area contributed by atoms with Gasteiger partial charge < -0.3 is 10.4 Å². The summed E-state index contributed by atoms with van der Waals surface area (Å²) in [5, 5.41) is 12.6. The Labute approximate surface area is 118 Å². The number of aliphatic hydroxyl groups excluding tert-OH is 1. The van der Waals surface area contributed by atoms with E-state index in [-0.39, 0.29) is 17.8 Å². The molecule has 1 saturated carbocycles. The van der Waals surface area contributed by atoms with Crippen LogP contribution in [0, 0.1) is 5.82 Å². The van der Waals surface area contributed by atoms with Crippen molar-refractivity contribution in [2.24, 2.45) is 0 Å². The third-order valence-electron chi connectivity index (χ3n) is 3.68. The van der Waals surface area contributed by atoms with Gasteiger partial charge >= 0.3 is 0 Å². The van der Waals surface area contributed by atoms with Crippen molar-refractivity contribution in [3.63, 3.8) is 0 Å². The fourth-order valence-corrected chi connectivity index (χ4v) is 2.52. The fourth-order valence-electron chi connectivity index (χ4n) is 2.52. The lowest BCUT2D eigenvalue weighted by Crippen LogP contribution is -2.44. The molecule has 0 heterocycles. The molecular formula is C16H20FNO2. The summed E-state index contributed by atoms with van der Waals surface area (Å²) in [7, 11) is 0. The minimum atomic E-state index is -0.462. The number of allylic oxidation sites excluding steroid dienone is 1. The molecule has 20 heavy (non-hydrogen) atoms. The summed E-state index contributed by atoms with van der Waals surface area (Å²) in [5.74, 6) is -0.559. The van der Waals surface area contributed by atoms with Crippen LogP contribution in [-0.4, -0.2) is 23.2 Å². The van der Waals surface area contributed by atoms with Crippen molar-refractivity contribution >= 4 is 11.5 Å². The van der Waals surface area contributed by atoms with Crippen molar-refractivity contribution < 1.29 is 14.3 Å². The molecule has 0 radical (unpaired) electrons. The molecule has 108 valence electrons. The van der Waals surface area contributed by atoms with Crippen LogP contribution in [0.25, 0.3) is 5.57 Å². The maximum Gasteiger partial charge on any atom is 0.244 e. The highest BCUT2D eigenvalue weighted by molar-refractivity contribution is 5.95. The van der Waals surface area contributed by atoms with Crippen LogP contribution in [0.15, 0.2) is 30.3 Å². The summed E-state index contributed by atoms with van der Waals surface area (Å²) in [4.78, 5) is 11.9. The number of rotatable bonds is 3. The molecule has 2 N–H and O–H groups in total. The Balaban J connectivity index is 2.00. The number of carbonyl (C=O) groups is 1. The van der Waals surface area contributed by atoms with Crippen molar-refractivity contribution in [3.8, 4) is 0 Å². The van der Waals surface area contributed by atoms with Crippen LogP contribution < -0.4 is 5.32 Å². The van der Waals surface area contributed by atoms with E-state index in [1.807, 2.05) is 0 Å². The van der Waals surface area contributed by atoms with E-state index in [1.165, 1.54) is 18.2 Å². The SMILES string of the molecule is C/C(=C/C(=O)NC1CCCCC1O)c1cccc(F)c1. The van der Waals surface area contributed by atoms with Crippen LogP contribution in [0.4, 0.5) is 4.39 Å². The minimum Gasteiger partial charge on any atom is -0.391 e. The molecule has 0 aromatic heterocycles. The molecule has 1 aromatic carbocycles. The van der Waals surface area contributed by atoms with Gasteiger partial charge in [0.1, 0.15) is 5.82 Å². The van der Waals surface area contributed by atoms with Gasteiger partial charge in [0.05, 0.1) is 12.1 Å². The molecule has 0 spiro atoms. The van der Waals surface area contributed by atoms with Crippen molar-refractivity contribution in [1.82, 2.24) is 5.32 Å². The van der Waals surface area contributed by atoms with Crippen LogP contribution in [0.1, 0.15) is 38.2 Å². The molecule has 3 nitrogen and oxygen atoms in total. The number of aliphatic hydroxyl groups is 1. The average molecular weight is 277 g/mol. The lowest BCUT2D eigenvalue weighted by Gasteiger charge is -2.27. The minimum absolute atomic E-state index is 0.173. The second kappa shape index (κ2) is 6.66. The fraction of sp³-hybridized carbons (Fsp3) is 0.438. The monoisotopic (exact) mass is 277 g/mol. The summed E-state index contributed by atoms with van der Waals surface area (Å²) >= 11 is 0. The predicted octanol–water partition coefficient (Wildman–Crippen LogP) is 2.65. The molecule has 1 fully saturated rings. The van der Waals surface area contributed by atoms with Gasteiger partial charge in [-0.2, -0.15) is 0 Å². The van der Waals surface area contributed by atoms with Crippen molar-refractivity contribution in [2.75, 3.05) is 0 Å². The van der Waals surface area contributed by atoms with E-state index < -0.39 is 6.10 Å². The summed E-state index contributed by atoms with van der Waals surface area (Å²) in [6.07, 6.45) is 4.56. The Morgan fingerprint density at radius 2 is 2.15 bits per heavy atom. The van der Waals surface area contributed by atoms with Crippen molar-refractivity contribution in [3.05, 3.63) is 41.7 Å². The molecule has 1 aromatic rings. The van der Waals surface area contributed by atoms with E-state index >= 15 is 0 Å². The van der Waals surface area contributed by atoms with Crippen molar-refractivity contribution in [1.29, 1.82) is 0 Å². The van der Waals surface area contributed by atoms with Gasteiger partial charge in [-0.1, -0.05) is 25.0 Å². The second-order valence-electron chi connectivity index (χ2n) is 5.30. The lowest BCUT2D eigenvalue weighted by atomic mass is 9.92. The first-order valence-electron chi connectivity index (χ1n) is 6.99. The molecule has 0 aliphatic heterocycles. The zero-order valence-electron chi connectivity index (χ0n) is 11.6. The molecule has 1 aliphatic carbocycles. The molecule has 1 aliphatic rings. The highest BCUT2D eigenvalue weighted by Gasteiger charge is 2.23. The first-order valence-corrected chi connectivity index (χ1v) is 6.99. The van der Waals surface area contributed by atoms with Gasteiger partial charge in [0.25, 0.3) is 0 Å². The van der Waals surface area contributed by atoms with Gasteiger partial charge in [-0.15, -0.1) is 0 Å². The van der Waals surface area contributed by atoms with Gasteiger partial charge in [-0.05, 0) is 43.0 Å². The van der Waals surface area contributed by atoms with Gasteiger partial charge in [-0.25, -0.2) is 4.39 Å². The first kappa shape index (κ1) is 14.7. The zero-order chi connectivity index (χ0) is 14.5. The largest absolute Gasteiger partial charge is 0.391 e. The second-order valence-corrected chi connectivity index (χ2v) is 5.30. The molecule has 1 amide bonds. The molecule has 2 atom stereocenters. The van der Waals surface area contributed by atoms with Gasteiger partial charge in [-0.3, -0.25) is 4.79 Å². The smallest absolute Gasteiger partial charge is 0.244 e. The summed E-state index contributed by atoms with van der Waals surface area (Å²) < 4.78 is 13.1. The Morgan fingerprint density at radius 1 is 1.40 bits per heavy atom. The number of amides is 1.